The zero-order valence-electron chi connectivity index (χ0n) is 10.0. The lowest BCUT2D eigenvalue weighted by atomic mass is 10.1. The molecule has 2 aromatic rings. The Morgan fingerprint density at radius 3 is 2.82 bits per heavy atom. The number of nitrogens with two attached hydrogens (primary N) is 1. The van der Waals surface area contributed by atoms with Crippen molar-refractivity contribution in [2.45, 2.75) is 26.5 Å². The summed E-state index contributed by atoms with van der Waals surface area (Å²) in [5.41, 5.74) is 7.89. The van der Waals surface area contributed by atoms with Crippen LogP contribution in [-0.4, -0.2) is 4.98 Å². The first-order valence-electron chi connectivity index (χ1n) is 5.55. The molecule has 1 heterocycles. The summed E-state index contributed by atoms with van der Waals surface area (Å²) < 4.78 is 5.76. The van der Waals surface area contributed by atoms with E-state index in [1.165, 1.54) is 0 Å². The molecule has 2 N–H and O–H groups in total. The van der Waals surface area contributed by atoms with E-state index < -0.39 is 0 Å². The summed E-state index contributed by atoms with van der Waals surface area (Å²) in [7, 11) is 0. The first-order chi connectivity index (χ1) is 8.16. The molecule has 0 amide bonds. The SMILES string of the molecule is Cc1nc(COc2ccccc2C(C)N)cs1. The van der Waals surface area contributed by atoms with Crippen LogP contribution in [0.15, 0.2) is 29.6 Å². The van der Waals surface area contributed by atoms with E-state index in [4.69, 9.17) is 10.5 Å². The van der Waals surface area contributed by atoms with Crippen molar-refractivity contribution in [1.82, 2.24) is 4.98 Å². The first kappa shape index (κ1) is 12.1. The molecule has 17 heavy (non-hydrogen) atoms. The van der Waals surface area contributed by atoms with E-state index in [-0.39, 0.29) is 6.04 Å². The highest BCUT2D eigenvalue weighted by Gasteiger charge is 2.07. The van der Waals surface area contributed by atoms with Gasteiger partial charge in [0.2, 0.25) is 0 Å². The van der Waals surface area contributed by atoms with E-state index in [1.807, 2.05) is 43.5 Å². The van der Waals surface area contributed by atoms with Crippen LogP contribution in [0.3, 0.4) is 0 Å². The van der Waals surface area contributed by atoms with Crippen LogP contribution in [0.1, 0.15) is 29.2 Å². The minimum atomic E-state index is -0.0247. The molecule has 0 fully saturated rings. The molecule has 4 heteroatoms. The fourth-order valence-corrected chi connectivity index (χ4v) is 2.21. The molecule has 3 nitrogen and oxygen atoms in total. The largest absolute Gasteiger partial charge is 0.487 e. The van der Waals surface area contributed by atoms with E-state index in [0.717, 1.165) is 22.0 Å². The maximum Gasteiger partial charge on any atom is 0.131 e. The van der Waals surface area contributed by atoms with Crippen molar-refractivity contribution in [1.29, 1.82) is 0 Å². The van der Waals surface area contributed by atoms with Crippen LogP contribution in [0.25, 0.3) is 0 Å². The molecule has 1 aromatic carbocycles. The Kier molecular flexibility index (Phi) is 3.76. The van der Waals surface area contributed by atoms with E-state index in [9.17, 15) is 0 Å². The third kappa shape index (κ3) is 3.05. The molecule has 2 rings (SSSR count). The summed E-state index contributed by atoms with van der Waals surface area (Å²) in [5.74, 6) is 0.841. The van der Waals surface area contributed by atoms with Crippen LogP contribution in [0.5, 0.6) is 5.75 Å². The van der Waals surface area contributed by atoms with Crippen molar-refractivity contribution in [3.63, 3.8) is 0 Å². The first-order valence-corrected chi connectivity index (χ1v) is 6.43. The molecule has 0 spiro atoms. The van der Waals surface area contributed by atoms with Crippen LogP contribution < -0.4 is 10.5 Å². The smallest absolute Gasteiger partial charge is 0.131 e. The summed E-state index contributed by atoms with van der Waals surface area (Å²) >= 11 is 1.63. The van der Waals surface area contributed by atoms with Crippen LogP contribution in [0.2, 0.25) is 0 Å². The van der Waals surface area contributed by atoms with Crippen LogP contribution in [-0.2, 0) is 6.61 Å². The fraction of sp³-hybridized carbons (Fsp3) is 0.308. The number of hydrogen-bond acceptors (Lipinski definition) is 4. The van der Waals surface area contributed by atoms with Gasteiger partial charge in [-0.05, 0) is 19.9 Å². The maximum atomic E-state index is 5.89. The predicted molar refractivity (Wildman–Crippen MR) is 70.2 cm³/mol. The number of aryl methyl sites for hydroxylation is 1. The Bertz CT molecular complexity index is 494. The lowest BCUT2D eigenvalue weighted by Gasteiger charge is -2.12. The summed E-state index contributed by atoms with van der Waals surface area (Å²) in [5, 5.41) is 3.08. The number of nitrogens with zero attached hydrogens (tertiary/aromatic N) is 1. The second-order valence-corrected chi connectivity index (χ2v) is 5.04. The second kappa shape index (κ2) is 5.29. The predicted octanol–water partition coefficient (Wildman–Crippen LogP) is 3.05. The van der Waals surface area contributed by atoms with Crippen molar-refractivity contribution in [3.8, 4) is 5.75 Å². The van der Waals surface area contributed by atoms with Gasteiger partial charge in [0.15, 0.2) is 0 Å². The molecular formula is C13H16N2OS. The Morgan fingerprint density at radius 1 is 1.41 bits per heavy atom. The number of aromatic nitrogens is 1. The average Bonchev–Trinajstić information content (AvgIpc) is 2.73. The number of rotatable bonds is 4. The van der Waals surface area contributed by atoms with Crippen molar-refractivity contribution in [2.24, 2.45) is 5.73 Å². The molecule has 1 unspecified atom stereocenters. The zero-order chi connectivity index (χ0) is 12.3. The fourth-order valence-electron chi connectivity index (χ4n) is 1.61. The third-order valence-electron chi connectivity index (χ3n) is 2.45. The average molecular weight is 248 g/mol. The minimum absolute atomic E-state index is 0.0247. The molecule has 0 aliphatic rings. The summed E-state index contributed by atoms with van der Waals surface area (Å²) in [4.78, 5) is 4.36. The van der Waals surface area contributed by atoms with Crippen molar-refractivity contribution in [2.75, 3.05) is 0 Å². The number of ether oxygens (including phenoxy) is 1. The Balaban J connectivity index is 2.08. The Hall–Kier alpha value is -1.39. The quantitative estimate of drug-likeness (QED) is 0.904. The monoisotopic (exact) mass is 248 g/mol. The second-order valence-electron chi connectivity index (χ2n) is 3.97. The molecule has 0 saturated carbocycles. The Morgan fingerprint density at radius 2 is 2.18 bits per heavy atom. The standard InChI is InChI=1S/C13H16N2OS/c1-9(14)12-5-3-4-6-13(12)16-7-11-8-17-10(2)15-11/h3-6,8-9H,7,14H2,1-2H3. The molecule has 0 aliphatic heterocycles. The summed E-state index contributed by atoms with van der Waals surface area (Å²) in [6, 6.07) is 7.83. The van der Waals surface area contributed by atoms with E-state index in [0.29, 0.717) is 6.61 Å². The summed E-state index contributed by atoms with van der Waals surface area (Å²) in [6.07, 6.45) is 0. The number of benzene rings is 1. The van der Waals surface area contributed by atoms with Crippen LogP contribution in [0.4, 0.5) is 0 Å². The molecule has 0 bridgehead atoms. The highest BCUT2D eigenvalue weighted by Crippen LogP contribution is 2.24. The molecular weight excluding hydrogens is 232 g/mol. The molecule has 1 aromatic heterocycles. The van der Waals surface area contributed by atoms with Gasteiger partial charge in [-0.3, -0.25) is 0 Å². The van der Waals surface area contributed by atoms with E-state index >= 15 is 0 Å². The zero-order valence-corrected chi connectivity index (χ0v) is 10.8. The lowest BCUT2D eigenvalue weighted by Crippen LogP contribution is -2.08. The van der Waals surface area contributed by atoms with Gasteiger partial charge >= 0.3 is 0 Å². The van der Waals surface area contributed by atoms with Crippen molar-refractivity contribution in [3.05, 3.63) is 45.9 Å². The highest BCUT2D eigenvalue weighted by atomic mass is 32.1. The number of thiazole rings is 1. The molecule has 90 valence electrons. The van der Waals surface area contributed by atoms with Crippen LogP contribution in [0, 0.1) is 6.92 Å². The minimum Gasteiger partial charge on any atom is -0.487 e. The lowest BCUT2D eigenvalue weighted by molar-refractivity contribution is 0.297. The molecule has 0 aliphatic carbocycles. The van der Waals surface area contributed by atoms with Gasteiger partial charge in [0.1, 0.15) is 12.4 Å². The number of hydrogen-bond donors (Lipinski definition) is 1. The normalized spacial score (nSPS) is 12.4. The van der Waals surface area contributed by atoms with Crippen molar-refractivity contribution >= 4 is 11.3 Å². The Labute approximate surface area is 105 Å². The van der Waals surface area contributed by atoms with E-state index in [2.05, 4.69) is 4.98 Å². The van der Waals surface area contributed by atoms with Gasteiger partial charge in [-0.25, -0.2) is 4.98 Å². The summed E-state index contributed by atoms with van der Waals surface area (Å²) in [6.45, 7) is 4.44. The third-order valence-corrected chi connectivity index (χ3v) is 3.27. The maximum absolute atomic E-state index is 5.89. The van der Waals surface area contributed by atoms with Gasteiger partial charge in [-0.15, -0.1) is 11.3 Å². The number of para-hydroxylation sites is 1. The molecule has 0 radical (unpaired) electrons. The highest BCUT2D eigenvalue weighted by molar-refractivity contribution is 7.09. The van der Waals surface area contributed by atoms with Gasteiger partial charge in [0.25, 0.3) is 0 Å². The van der Waals surface area contributed by atoms with Crippen molar-refractivity contribution < 1.29 is 4.74 Å². The van der Waals surface area contributed by atoms with Gasteiger partial charge in [-0.1, -0.05) is 18.2 Å². The van der Waals surface area contributed by atoms with Gasteiger partial charge in [0.05, 0.1) is 10.7 Å². The van der Waals surface area contributed by atoms with Gasteiger partial charge in [0, 0.05) is 17.0 Å². The molecule has 1 atom stereocenters. The van der Waals surface area contributed by atoms with Crippen LogP contribution >= 0.6 is 11.3 Å². The van der Waals surface area contributed by atoms with Gasteiger partial charge < -0.3 is 10.5 Å². The van der Waals surface area contributed by atoms with E-state index in [1.54, 1.807) is 11.3 Å². The topological polar surface area (TPSA) is 48.1 Å². The molecule has 0 saturated heterocycles. The van der Waals surface area contributed by atoms with Gasteiger partial charge in [-0.2, -0.15) is 0 Å².